The Hall–Kier alpha value is 0.150. The molecule has 4 heteroatoms. The Morgan fingerprint density at radius 1 is 0.542 bits per heavy atom. The van der Waals surface area contributed by atoms with E-state index in [2.05, 4.69) is 20.8 Å². The van der Waals surface area contributed by atoms with Crippen LogP contribution in [0.3, 0.4) is 0 Å². The van der Waals surface area contributed by atoms with E-state index in [9.17, 15) is 4.57 Å². The van der Waals surface area contributed by atoms with Crippen LogP contribution in [0.1, 0.15) is 111 Å². The van der Waals surface area contributed by atoms with Crippen molar-refractivity contribution in [3.63, 3.8) is 0 Å². The number of unbranched alkanes of at least 4 members (excludes halogenated alkanes) is 11. The first-order chi connectivity index (χ1) is 11.7. The quantitative estimate of drug-likeness (QED) is 0.174. The van der Waals surface area contributed by atoms with Gasteiger partial charge in [0.25, 0.3) is 0 Å². The van der Waals surface area contributed by atoms with Crippen LogP contribution in [0.5, 0.6) is 0 Å². The van der Waals surface area contributed by atoms with E-state index in [0.29, 0.717) is 19.4 Å². The molecule has 0 bridgehead atoms. The molecule has 0 rings (SSSR count). The minimum Gasteiger partial charge on any atom is -0.309 e. The topological polar surface area (TPSA) is 35.5 Å². The summed E-state index contributed by atoms with van der Waals surface area (Å²) >= 11 is 0. The Labute approximate surface area is 151 Å². The molecular formula is C20H43O3P. The van der Waals surface area contributed by atoms with E-state index in [1.165, 1.54) is 64.2 Å². The SMILES string of the molecule is CCCCCCCCCOP(=O)(CCCC)OCCCCCCC. The summed E-state index contributed by atoms with van der Waals surface area (Å²) in [7, 11) is -2.86. The fourth-order valence-electron chi connectivity index (χ4n) is 2.69. The molecule has 0 aromatic carbocycles. The highest BCUT2D eigenvalue weighted by atomic mass is 31.2. The summed E-state index contributed by atoms with van der Waals surface area (Å²) in [5.74, 6) is 0. The first kappa shape index (κ1) is 24.1. The maximum absolute atomic E-state index is 12.8. The first-order valence-electron chi connectivity index (χ1n) is 10.6. The number of rotatable bonds is 19. The Bertz CT molecular complexity index is 295. The molecule has 1 atom stereocenters. The molecule has 24 heavy (non-hydrogen) atoms. The highest BCUT2D eigenvalue weighted by Gasteiger charge is 2.23. The van der Waals surface area contributed by atoms with E-state index in [0.717, 1.165) is 25.7 Å². The van der Waals surface area contributed by atoms with Gasteiger partial charge in [-0.05, 0) is 19.3 Å². The maximum Gasteiger partial charge on any atom is 0.330 e. The van der Waals surface area contributed by atoms with Gasteiger partial charge in [0, 0.05) is 0 Å². The molecular weight excluding hydrogens is 319 g/mol. The summed E-state index contributed by atoms with van der Waals surface area (Å²) in [4.78, 5) is 0. The fourth-order valence-corrected chi connectivity index (χ4v) is 4.54. The number of hydrogen-bond donors (Lipinski definition) is 0. The van der Waals surface area contributed by atoms with Crippen molar-refractivity contribution in [2.75, 3.05) is 19.4 Å². The molecule has 0 saturated heterocycles. The fraction of sp³-hybridized carbons (Fsp3) is 1.00. The van der Waals surface area contributed by atoms with Gasteiger partial charge in [0.1, 0.15) is 0 Å². The third kappa shape index (κ3) is 15.7. The third-order valence-corrected chi connectivity index (χ3v) is 6.37. The lowest BCUT2D eigenvalue weighted by atomic mass is 10.1. The van der Waals surface area contributed by atoms with Crippen LogP contribution in [0.25, 0.3) is 0 Å². The van der Waals surface area contributed by atoms with Crippen LogP contribution in [-0.4, -0.2) is 19.4 Å². The molecule has 146 valence electrons. The van der Waals surface area contributed by atoms with Crippen LogP contribution in [0, 0.1) is 0 Å². The molecule has 0 aromatic heterocycles. The molecule has 0 aliphatic carbocycles. The van der Waals surface area contributed by atoms with Crippen molar-refractivity contribution in [1.29, 1.82) is 0 Å². The van der Waals surface area contributed by atoms with Gasteiger partial charge in [0.05, 0.1) is 19.4 Å². The second kappa shape index (κ2) is 18.0. The van der Waals surface area contributed by atoms with E-state index < -0.39 is 7.60 Å². The van der Waals surface area contributed by atoms with E-state index >= 15 is 0 Å². The van der Waals surface area contributed by atoms with Crippen molar-refractivity contribution in [3.8, 4) is 0 Å². The molecule has 0 radical (unpaired) electrons. The van der Waals surface area contributed by atoms with Gasteiger partial charge < -0.3 is 9.05 Å². The van der Waals surface area contributed by atoms with Gasteiger partial charge in [-0.3, -0.25) is 4.57 Å². The van der Waals surface area contributed by atoms with Crippen molar-refractivity contribution in [2.45, 2.75) is 111 Å². The van der Waals surface area contributed by atoms with Gasteiger partial charge in [0.2, 0.25) is 0 Å². The van der Waals surface area contributed by atoms with E-state index in [-0.39, 0.29) is 0 Å². The monoisotopic (exact) mass is 362 g/mol. The van der Waals surface area contributed by atoms with Gasteiger partial charge in [-0.2, -0.15) is 0 Å². The lowest BCUT2D eigenvalue weighted by Gasteiger charge is -2.18. The first-order valence-corrected chi connectivity index (χ1v) is 12.3. The van der Waals surface area contributed by atoms with Crippen LogP contribution >= 0.6 is 7.60 Å². The summed E-state index contributed by atoms with van der Waals surface area (Å²) in [5.41, 5.74) is 0. The Morgan fingerprint density at radius 3 is 1.33 bits per heavy atom. The molecule has 0 saturated carbocycles. The molecule has 3 nitrogen and oxygen atoms in total. The van der Waals surface area contributed by atoms with E-state index in [1.807, 2.05) is 0 Å². The van der Waals surface area contributed by atoms with Crippen molar-refractivity contribution in [2.24, 2.45) is 0 Å². The molecule has 0 aliphatic rings. The lowest BCUT2D eigenvalue weighted by molar-refractivity contribution is 0.197. The molecule has 0 heterocycles. The average molecular weight is 363 g/mol. The Kier molecular flexibility index (Phi) is 18.1. The summed E-state index contributed by atoms with van der Waals surface area (Å²) in [6, 6.07) is 0. The average Bonchev–Trinajstić information content (AvgIpc) is 2.59. The molecule has 1 unspecified atom stereocenters. The summed E-state index contributed by atoms with van der Waals surface area (Å²) in [5, 5.41) is 0. The van der Waals surface area contributed by atoms with Crippen LogP contribution in [0.2, 0.25) is 0 Å². The van der Waals surface area contributed by atoms with Crippen LogP contribution in [0.15, 0.2) is 0 Å². The highest BCUT2D eigenvalue weighted by Crippen LogP contribution is 2.49. The minimum atomic E-state index is -2.86. The molecule has 0 aromatic rings. The predicted molar refractivity (Wildman–Crippen MR) is 106 cm³/mol. The molecule has 0 N–H and O–H groups in total. The molecule has 0 spiro atoms. The third-order valence-electron chi connectivity index (χ3n) is 4.36. The predicted octanol–water partition coefficient (Wildman–Crippen LogP) is 7.73. The zero-order valence-corrected chi connectivity index (χ0v) is 17.6. The minimum absolute atomic E-state index is 0.578. The Morgan fingerprint density at radius 2 is 0.917 bits per heavy atom. The van der Waals surface area contributed by atoms with Crippen LogP contribution < -0.4 is 0 Å². The van der Waals surface area contributed by atoms with Crippen molar-refractivity contribution in [3.05, 3.63) is 0 Å². The zero-order valence-electron chi connectivity index (χ0n) is 16.7. The largest absolute Gasteiger partial charge is 0.330 e. The van der Waals surface area contributed by atoms with Gasteiger partial charge in [-0.25, -0.2) is 0 Å². The standard InChI is InChI=1S/C20H43O3P/c1-4-7-10-12-13-15-17-19-23-24(21,20-9-6-3)22-18-16-14-11-8-5-2/h4-20H2,1-3H3. The lowest BCUT2D eigenvalue weighted by Crippen LogP contribution is -2.03. The van der Waals surface area contributed by atoms with Crippen molar-refractivity contribution in [1.82, 2.24) is 0 Å². The zero-order chi connectivity index (χ0) is 17.9. The number of hydrogen-bond acceptors (Lipinski definition) is 3. The molecule has 0 amide bonds. The normalized spacial score (nSPS) is 14.0. The van der Waals surface area contributed by atoms with Gasteiger partial charge >= 0.3 is 7.60 Å². The van der Waals surface area contributed by atoms with Crippen LogP contribution in [-0.2, 0) is 13.6 Å². The maximum atomic E-state index is 12.8. The summed E-state index contributed by atoms with van der Waals surface area (Å²) in [6.45, 7) is 7.75. The van der Waals surface area contributed by atoms with Gasteiger partial charge in [0.15, 0.2) is 0 Å². The molecule has 0 fully saturated rings. The smallest absolute Gasteiger partial charge is 0.309 e. The van der Waals surface area contributed by atoms with Crippen LogP contribution in [0.4, 0.5) is 0 Å². The second-order valence-corrected chi connectivity index (χ2v) is 9.08. The van der Waals surface area contributed by atoms with Gasteiger partial charge in [-0.1, -0.05) is 91.4 Å². The summed E-state index contributed by atoms with van der Waals surface area (Å²) in [6.07, 6.45) is 17.2. The van der Waals surface area contributed by atoms with E-state index in [4.69, 9.17) is 9.05 Å². The second-order valence-electron chi connectivity index (χ2n) is 6.89. The van der Waals surface area contributed by atoms with Gasteiger partial charge in [-0.15, -0.1) is 0 Å². The highest BCUT2D eigenvalue weighted by molar-refractivity contribution is 7.53. The van der Waals surface area contributed by atoms with Crippen molar-refractivity contribution < 1.29 is 13.6 Å². The van der Waals surface area contributed by atoms with Crippen molar-refractivity contribution >= 4 is 7.60 Å². The molecule has 0 aliphatic heterocycles. The Balaban J connectivity index is 3.82. The van der Waals surface area contributed by atoms with E-state index in [1.54, 1.807) is 0 Å². The summed E-state index contributed by atoms with van der Waals surface area (Å²) < 4.78 is 24.2.